The molecule has 1 amide bonds. The third-order valence-corrected chi connectivity index (χ3v) is 6.53. The number of fused-ring (bicyclic) bond motifs is 1. The molecule has 1 aliphatic rings. The third kappa shape index (κ3) is 4.57. The van der Waals surface area contributed by atoms with Gasteiger partial charge >= 0.3 is 6.18 Å². The maximum absolute atomic E-state index is 15.0. The van der Waals surface area contributed by atoms with Gasteiger partial charge in [0.05, 0.1) is 26.9 Å². The monoisotopic (exact) mass is 562 g/mol. The van der Waals surface area contributed by atoms with Crippen LogP contribution in [0.3, 0.4) is 0 Å². The summed E-state index contributed by atoms with van der Waals surface area (Å²) in [4.78, 5) is 32.2. The second kappa shape index (κ2) is 9.45. The van der Waals surface area contributed by atoms with Crippen molar-refractivity contribution in [3.63, 3.8) is 0 Å². The number of piperazine rings is 1. The molecule has 1 aromatic carbocycles. The van der Waals surface area contributed by atoms with E-state index in [9.17, 15) is 31.5 Å². The van der Waals surface area contributed by atoms with Crippen molar-refractivity contribution >= 4 is 46.1 Å². The molecule has 0 bridgehead atoms. The Bertz CT molecular complexity index is 1480. The predicted molar refractivity (Wildman–Crippen MR) is 128 cm³/mol. The molecule has 3 heterocycles. The van der Waals surface area contributed by atoms with Crippen LogP contribution in [-0.4, -0.2) is 51.1 Å². The molecule has 1 atom stereocenters. The fourth-order valence-electron chi connectivity index (χ4n) is 4.24. The van der Waals surface area contributed by atoms with E-state index in [1.54, 1.807) is 11.8 Å². The van der Waals surface area contributed by atoms with Crippen molar-refractivity contribution in [3.05, 3.63) is 62.6 Å². The Morgan fingerprint density at radius 2 is 1.86 bits per heavy atom. The van der Waals surface area contributed by atoms with E-state index in [1.165, 1.54) is 4.90 Å². The second-order valence-electron chi connectivity index (χ2n) is 8.26. The quantitative estimate of drug-likeness (QED) is 0.221. The van der Waals surface area contributed by atoms with Crippen molar-refractivity contribution in [3.8, 4) is 11.1 Å². The Labute approximate surface area is 215 Å². The highest BCUT2D eigenvalue weighted by atomic mass is 35.5. The van der Waals surface area contributed by atoms with Crippen molar-refractivity contribution in [2.45, 2.75) is 19.1 Å². The van der Waals surface area contributed by atoms with Crippen LogP contribution in [0.4, 0.5) is 33.5 Å². The summed E-state index contributed by atoms with van der Waals surface area (Å²) in [6.07, 6.45) is -4.19. The molecule has 2 N–H and O–H groups in total. The van der Waals surface area contributed by atoms with Crippen LogP contribution in [0.1, 0.15) is 12.5 Å². The fourth-order valence-corrected chi connectivity index (χ4v) is 4.70. The highest BCUT2D eigenvalue weighted by Crippen LogP contribution is 2.43. The van der Waals surface area contributed by atoms with Gasteiger partial charge in [0.25, 0.3) is 11.5 Å². The highest BCUT2D eigenvalue weighted by molar-refractivity contribution is 6.37. The summed E-state index contributed by atoms with van der Waals surface area (Å²) in [5.41, 5.74) is -0.0412. The van der Waals surface area contributed by atoms with Gasteiger partial charge in [-0.2, -0.15) is 22.8 Å². The third-order valence-electron chi connectivity index (χ3n) is 5.94. The van der Waals surface area contributed by atoms with Gasteiger partial charge in [0.15, 0.2) is 17.5 Å². The van der Waals surface area contributed by atoms with E-state index in [1.807, 2.05) is 0 Å². The summed E-state index contributed by atoms with van der Waals surface area (Å²) < 4.78 is 71.7. The van der Waals surface area contributed by atoms with Crippen molar-refractivity contribution in [1.82, 2.24) is 19.5 Å². The first-order valence-corrected chi connectivity index (χ1v) is 11.3. The van der Waals surface area contributed by atoms with Gasteiger partial charge in [0, 0.05) is 31.2 Å². The van der Waals surface area contributed by atoms with Crippen LogP contribution in [-0.2, 0) is 11.0 Å². The average Bonchev–Trinajstić information content (AvgIpc) is 2.82. The molecule has 2 aromatic heterocycles. The summed E-state index contributed by atoms with van der Waals surface area (Å²) in [5.74, 6) is -3.46. The van der Waals surface area contributed by atoms with Crippen LogP contribution in [0.5, 0.6) is 0 Å². The topological polar surface area (TPSA) is 96.8 Å². The molecule has 196 valence electrons. The number of anilines is 2. The van der Waals surface area contributed by atoms with Gasteiger partial charge in [0.2, 0.25) is 0 Å². The van der Waals surface area contributed by atoms with E-state index >= 15 is 0 Å². The summed E-state index contributed by atoms with van der Waals surface area (Å²) in [7, 11) is 0. The molecule has 8 nitrogen and oxygen atoms in total. The lowest BCUT2D eigenvalue weighted by atomic mass is 9.98. The molecule has 4 rings (SSSR count). The van der Waals surface area contributed by atoms with Crippen LogP contribution < -0.4 is 16.2 Å². The van der Waals surface area contributed by atoms with Gasteiger partial charge in [-0.05, 0) is 19.1 Å². The second-order valence-corrected chi connectivity index (χ2v) is 9.07. The Balaban J connectivity index is 1.95. The van der Waals surface area contributed by atoms with Crippen LogP contribution in [0.15, 0.2) is 35.7 Å². The number of amides is 1. The summed E-state index contributed by atoms with van der Waals surface area (Å²) in [6.45, 7) is 4.70. The number of hydrogen-bond acceptors (Lipinski definition) is 6. The minimum atomic E-state index is -5.14. The van der Waals surface area contributed by atoms with E-state index in [-0.39, 0.29) is 36.0 Å². The number of pyridine rings is 1. The standard InChI is InChI=1S/C22H17Cl2F5N6O2/c1-9-7-33(20(36)10(2)25)3-4-34(9)19-14-5-11(22(27,28)29)15(21(37)35(14)32-8-31-19)16-17(26)12(23)6-13(24)18(16)30/h5-6,8-9H,2-4,7,30H2,1H3/t9-/m0/s1. The van der Waals surface area contributed by atoms with Crippen LogP contribution >= 0.6 is 23.2 Å². The van der Waals surface area contributed by atoms with Crippen molar-refractivity contribution in [2.24, 2.45) is 0 Å². The van der Waals surface area contributed by atoms with Crippen LogP contribution in [0, 0.1) is 5.82 Å². The minimum Gasteiger partial charge on any atom is -0.397 e. The highest BCUT2D eigenvalue weighted by Gasteiger charge is 2.39. The molecule has 15 heteroatoms. The van der Waals surface area contributed by atoms with Gasteiger partial charge in [0.1, 0.15) is 11.8 Å². The Hall–Kier alpha value is -3.45. The van der Waals surface area contributed by atoms with Gasteiger partial charge in [-0.3, -0.25) is 9.59 Å². The molecule has 0 radical (unpaired) electrons. The summed E-state index contributed by atoms with van der Waals surface area (Å²) in [5, 5.41) is 2.81. The number of nitrogens with two attached hydrogens (primary N) is 1. The van der Waals surface area contributed by atoms with E-state index in [0.717, 1.165) is 12.4 Å². The number of hydrogen-bond donors (Lipinski definition) is 1. The fraction of sp³-hybridized carbons (Fsp3) is 0.273. The maximum atomic E-state index is 15.0. The molecule has 0 unspecified atom stereocenters. The predicted octanol–water partition coefficient (Wildman–Crippen LogP) is 4.32. The number of benzene rings is 1. The lowest BCUT2D eigenvalue weighted by molar-refractivity contribution is -0.137. The molecule has 1 aliphatic heterocycles. The molecular formula is C22H17Cl2F5N6O2. The molecular weight excluding hydrogens is 546 g/mol. The Morgan fingerprint density at radius 1 is 1.19 bits per heavy atom. The average molecular weight is 563 g/mol. The first-order valence-electron chi connectivity index (χ1n) is 10.6. The van der Waals surface area contributed by atoms with Crippen LogP contribution in [0.25, 0.3) is 16.6 Å². The minimum absolute atomic E-state index is 0.00907. The number of nitrogens with zero attached hydrogens (tertiary/aromatic N) is 5. The molecule has 1 saturated heterocycles. The molecule has 0 saturated carbocycles. The van der Waals surface area contributed by atoms with Gasteiger partial charge in [-0.15, -0.1) is 0 Å². The molecule has 0 aliphatic carbocycles. The lowest BCUT2D eigenvalue weighted by Gasteiger charge is -2.40. The van der Waals surface area contributed by atoms with Crippen molar-refractivity contribution in [2.75, 3.05) is 30.3 Å². The summed E-state index contributed by atoms with van der Waals surface area (Å²) >= 11 is 11.7. The van der Waals surface area contributed by atoms with Crippen molar-refractivity contribution < 1.29 is 26.7 Å². The molecule has 3 aromatic rings. The van der Waals surface area contributed by atoms with Gasteiger partial charge < -0.3 is 15.5 Å². The van der Waals surface area contributed by atoms with E-state index in [0.29, 0.717) is 10.6 Å². The van der Waals surface area contributed by atoms with E-state index in [2.05, 4.69) is 16.7 Å². The maximum Gasteiger partial charge on any atom is 0.417 e. The first kappa shape index (κ1) is 26.6. The van der Waals surface area contributed by atoms with E-state index < -0.39 is 62.7 Å². The SMILES string of the molecule is C=C(F)C(=O)N1CCN(c2ncnn3c(=O)c(-c4c(N)c(Cl)cc(Cl)c4F)c(C(F)(F)F)cc23)[C@@H](C)C1. The van der Waals surface area contributed by atoms with Crippen molar-refractivity contribution in [1.29, 1.82) is 0 Å². The van der Waals surface area contributed by atoms with E-state index in [4.69, 9.17) is 28.9 Å². The number of nitrogen functional groups attached to an aromatic ring is 1. The van der Waals surface area contributed by atoms with Gasteiger partial charge in [-0.1, -0.05) is 29.8 Å². The largest absolute Gasteiger partial charge is 0.417 e. The van der Waals surface area contributed by atoms with Gasteiger partial charge in [-0.25, -0.2) is 13.8 Å². The number of carbonyl (C=O) groups is 1. The van der Waals surface area contributed by atoms with Crippen LogP contribution in [0.2, 0.25) is 10.0 Å². The number of halogens is 7. The Morgan fingerprint density at radius 3 is 2.46 bits per heavy atom. The molecule has 1 fully saturated rings. The first-order chi connectivity index (χ1) is 17.2. The smallest absolute Gasteiger partial charge is 0.397 e. The zero-order valence-corrected chi connectivity index (χ0v) is 20.4. The lowest BCUT2D eigenvalue weighted by Crippen LogP contribution is -2.54. The normalized spacial score (nSPS) is 16.4. The number of alkyl halides is 3. The zero-order valence-electron chi connectivity index (χ0n) is 18.9. The number of rotatable bonds is 3. The summed E-state index contributed by atoms with van der Waals surface area (Å²) in [6, 6.07) is 0.973. The zero-order chi connectivity index (χ0) is 27.4. The number of carbonyl (C=O) groups excluding carboxylic acids is 1. The molecule has 0 spiro atoms. The Kier molecular flexibility index (Phi) is 6.80. The number of aromatic nitrogens is 3. The molecule has 37 heavy (non-hydrogen) atoms.